The van der Waals surface area contributed by atoms with Crippen molar-refractivity contribution in [1.29, 1.82) is 0 Å². The van der Waals surface area contributed by atoms with Crippen LogP contribution in [-0.2, 0) is 9.59 Å². The Balaban J connectivity index is 2.07. The highest BCUT2D eigenvalue weighted by molar-refractivity contribution is 6.18. The number of carbonyl (C=O) groups excluding carboxylic acids is 2. The van der Waals surface area contributed by atoms with Crippen molar-refractivity contribution in [2.75, 3.05) is 6.54 Å². The van der Waals surface area contributed by atoms with Gasteiger partial charge in [0.15, 0.2) is 0 Å². The zero-order valence-corrected chi connectivity index (χ0v) is 12.2. The van der Waals surface area contributed by atoms with Crippen molar-refractivity contribution < 1.29 is 14.7 Å². The zero-order chi connectivity index (χ0) is 14.4. The maximum Gasteiger partial charge on any atom is 0.256 e. The van der Waals surface area contributed by atoms with Gasteiger partial charge in [0.25, 0.3) is 11.8 Å². The van der Waals surface area contributed by atoms with Crippen LogP contribution in [0.4, 0.5) is 0 Å². The van der Waals surface area contributed by atoms with Crippen molar-refractivity contribution in [3.8, 4) is 0 Å². The molecular weight excluding hydrogens is 242 g/mol. The van der Waals surface area contributed by atoms with Crippen LogP contribution in [0.5, 0.6) is 0 Å². The third kappa shape index (κ3) is 2.59. The highest BCUT2D eigenvalue weighted by Gasteiger charge is 2.42. The first-order chi connectivity index (χ1) is 8.65. The lowest BCUT2D eigenvalue weighted by molar-refractivity contribution is -0.143. The molecule has 2 amide bonds. The topological polar surface area (TPSA) is 57.6 Å². The van der Waals surface area contributed by atoms with E-state index in [1.807, 2.05) is 0 Å². The number of nitrogens with zero attached hydrogens (tertiary/aromatic N) is 1. The van der Waals surface area contributed by atoms with E-state index in [0.29, 0.717) is 24.0 Å². The van der Waals surface area contributed by atoms with Gasteiger partial charge < -0.3 is 5.11 Å². The lowest BCUT2D eigenvalue weighted by atomic mass is 9.71. The Kier molecular flexibility index (Phi) is 3.33. The smallest absolute Gasteiger partial charge is 0.256 e. The largest absolute Gasteiger partial charge is 0.388 e. The quantitative estimate of drug-likeness (QED) is 0.777. The first-order valence-electron chi connectivity index (χ1n) is 6.91. The Bertz CT molecular complexity index is 428. The summed E-state index contributed by atoms with van der Waals surface area (Å²) in [5.74, 6) is -0.499. The summed E-state index contributed by atoms with van der Waals surface area (Å²) in [5.41, 5.74) is 0.343. The normalized spacial score (nSPS) is 26.3. The molecular formula is C15H23NO3. The summed E-state index contributed by atoms with van der Waals surface area (Å²) < 4.78 is 0. The van der Waals surface area contributed by atoms with E-state index in [0.717, 1.165) is 12.8 Å². The molecule has 4 heteroatoms. The molecule has 0 spiro atoms. The molecule has 0 bridgehead atoms. The van der Waals surface area contributed by atoms with Gasteiger partial charge in [0.2, 0.25) is 0 Å². The minimum absolute atomic E-state index is 0.134. The van der Waals surface area contributed by atoms with Crippen LogP contribution in [0.25, 0.3) is 0 Å². The van der Waals surface area contributed by atoms with Crippen LogP contribution in [-0.4, -0.2) is 34.0 Å². The summed E-state index contributed by atoms with van der Waals surface area (Å²) in [5, 5.41) is 10.6. The lowest BCUT2D eigenvalue weighted by Crippen LogP contribution is -2.49. The molecule has 0 aromatic carbocycles. The molecule has 0 radical (unpaired) electrons. The second-order valence-corrected chi connectivity index (χ2v) is 6.84. The molecule has 1 aliphatic carbocycles. The van der Waals surface area contributed by atoms with Gasteiger partial charge in [0, 0.05) is 11.1 Å². The number of β-amino-alcohol motifs (C(OH)–C–C–N with tert-alkyl or cyclic N) is 1. The highest BCUT2D eigenvalue weighted by Crippen LogP contribution is 2.41. The molecule has 1 saturated carbocycles. The highest BCUT2D eigenvalue weighted by atomic mass is 16.3. The summed E-state index contributed by atoms with van der Waals surface area (Å²) in [6, 6.07) is 0. The fourth-order valence-corrected chi connectivity index (χ4v) is 2.81. The summed E-state index contributed by atoms with van der Waals surface area (Å²) in [7, 11) is 0. The van der Waals surface area contributed by atoms with Crippen molar-refractivity contribution in [2.45, 2.75) is 59.0 Å². The number of aliphatic hydroxyl groups is 1. The molecule has 1 fully saturated rings. The fraction of sp³-hybridized carbons (Fsp3) is 0.733. The Hall–Kier alpha value is -1.16. The number of imide groups is 1. The summed E-state index contributed by atoms with van der Waals surface area (Å²) in [4.78, 5) is 25.2. The minimum atomic E-state index is -0.911. The van der Waals surface area contributed by atoms with Crippen LogP contribution < -0.4 is 0 Å². The van der Waals surface area contributed by atoms with Gasteiger partial charge in [-0.15, -0.1) is 0 Å². The van der Waals surface area contributed by atoms with Gasteiger partial charge in [-0.25, -0.2) is 0 Å². The van der Waals surface area contributed by atoms with Crippen LogP contribution in [0.3, 0.4) is 0 Å². The van der Waals surface area contributed by atoms with Gasteiger partial charge in [-0.2, -0.15) is 0 Å². The number of hydrogen-bond acceptors (Lipinski definition) is 3. The van der Waals surface area contributed by atoms with Gasteiger partial charge in [-0.3, -0.25) is 14.5 Å². The van der Waals surface area contributed by atoms with E-state index in [2.05, 4.69) is 13.8 Å². The van der Waals surface area contributed by atoms with Gasteiger partial charge in [-0.1, -0.05) is 13.8 Å². The van der Waals surface area contributed by atoms with E-state index >= 15 is 0 Å². The Labute approximate surface area is 114 Å². The van der Waals surface area contributed by atoms with Crippen molar-refractivity contribution in [2.24, 2.45) is 5.41 Å². The Morgan fingerprint density at radius 2 is 1.42 bits per heavy atom. The predicted octanol–water partition coefficient (Wildman–Crippen LogP) is 2.02. The Morgan fingerprint density at radius 1 is 1.00 bits per heavy atom. The van der Waals surface area contributed by atoms with E-state index in [1.54, 1.807) is 13.8 Å². The van der Waals surface area contributed by atoms with E-state index in [-0.39, 0.29) is 23.8 Å². The molecule has 106 valence electrons. The van der Waals surface area contributed by atoms with E-state index in [1.165, 1.54) is 4.90 Å². The van der Waals surface area contributed by atoms with E-state index in [9.17, 15) is 14.7 Å². The lowest BCUT2D eigenvalue weighted by Gasteiger charge is -2.41. The van der Waals surface area contributed by atoms with Crippen molar-refractivity contribution >= 4 is 11.8 Å². The van der Waals surface area contributed by atoms with Crippen molar-refractivity contribution in [3.05, 3.63) is 11.1 Å². The van der Waals surface area contributed by atoms with Crippen LogP contribution in [0.2, 0.25) is 0 Å². The average Bonchev–Trinajstić information content (AvgIpc) is 2.52. The molecule has 0 aromatic heterocycles. The number of rotatable bonds is 2. The SMILES string of the molecule is CC1=C(C)C(=O)N(CC2(O)CCC(C)(C)CC2)C1=O. The summed E-state index contributed by atoms with van der Waals surface area (Å²) in [6.07, 6.45) is 3.14. The van der Waals surface area contributed by atoms with Gasteiger partial charge in [0.05, 0.1) is 12.1 Å². The van der Waals surface area contributed by atoms with Crippen molar-refractivity contribution in [3.63, 3.8) is 0 Å². The van der Waals surface area contributed by atoms with Crippen LogP contribution in [0, 0.1) is 5.41 Å². The molecule has 0 unspecified atom stereocenters. The molecule has 2 aliphatic rings. The predicted molar refractivity (Wildman–Crippen MR) is 72.3 cm³/mol. The summed E-state index contributed by atoms with van der Waals surface area (Å²) >= 11 is 0. The monoisotopic (exact) mass is 265 g/mol. The van der Waals surface area contributed by atoms with E-state index < -0.39 is 5.60 Å². The molecule has 1 aliphatic heterocycles. The van der Waals surface area contributed by atoms with Gasteiger partial charge >= 0.3 is 0 Å². The van der Waals surface area contributed by atoms with Crippen LogP contribution in [0.15, 0.2) is 11.1 Å². The number of hydrogen-bond donors (Lipinski definition) is 1. The second kappa shape index (κ2) is 4.44. The summed E-state index contributed by atoms with van der Waals surface area (Å²) in [6.45, 7) is 7.85. The molecule has 0 atom stereocenters. The first kappa shape index (κ1) is 14.3. The minimum Gasteiger partial charge on any atom is -0.388 e. The molecule has 0 saturated heterocycles. The zero-order valence-electron chi connectivity index (χ0n) is 12.2. The molecule has 2 rings (SSSR count). The standard InChI is InChI=1S/C15H23NO3/c1-10-11(2)13(18)16(12(10)17)9-15(19)7-5-14(3,4)6-8-15/h19H,5-9H2,1-4H3. The maximum atomic E-state index is 12.0. The van der Waals surface area contributed by atoms with Crippen LogP contribution in [0.1, 0.15) is 53.4 Å². The molecule has 0 aromatic rings. The molecule has 1 N–H and O–H groups in total. The van der Waals surface area contributed by atoms with Gasteiger partial charge in [-0.05, 0) is 44.9 Å². The third-order valence-corrected chi connectivity index (χ3v) is 4.68. The van der Waals surface area contributed by atoms with Crippen LogP contribution >= 0.6 is 0 Å². The molecule has 4 nitrogen and oxygen atoms in total. The van der Waals surface area contributed by atoms with Gasteiger partial charge in [0.1, 0.15) is 0 Å². The number of amides is 2. The second-order valence-electron chi connectivity index (χ2n) is 6.84. The molecule has 1 heterocycles. The average molecular weight is 265 g/mol. The molecule has 19 heavy (non-hydrogen) atoms. The first-order valence-corrected chi connectivity index (χ1v) is 6.91. The van der Waals surface area contributed by atoms with E-state index in [4.69, 9.17) is 0 Å². The fourth-order valence-electron chi connectivity index (χ4n) is 2.81. The van der Waals surface area contributed by atoms with Crippen molar-refractivity contribution in [1.82, 2.24) is 4.90 Å². The number of carbonyl (C=O) groups is 2. The Morgan fingerprint density at radius 3 is 1.84 bits per heavy atom. The third-order valence-electron chi connectivity index (χ3n) is 4.68. The maximum absolute atomic E-state index is 12.0.